The van der Waals surface area contributed by atoms with Crippen molar-refractivity contribution in [1.82, 2.24) is 4.90 Å². The molecule has 2 aromatic rings. The summed E-state index contributed by atoms with van der Waals surface area (Å²) in [4.78, 5) is 14.1. The summed E-state index contributed by atoms with van der Waals surface area (Å²) in [6.45, 7) is 2.12. The Morgan fingerprint density at radius 3 is 2.40 bits per heavy atom. The van der Waals surface area contributed by atoms with Gasteiger partial charge in [0.05, 0.1) is 5.54 Å². The third kappa shape index (κ3) is 1.63. The summed E-state index contributed by atoms with van der Waals surface area (Å²) in [6, 6.07) is 18.2. The van der Waals surface area contributed by atoms with Gasteiger partial charge in [-0.1, -0.05) is 55.5 Å². The standard InChI is InChI=1S/C17H18N2O/c1-3-17(13-9-5-4-6-10-13)14-11-7-8-12-15(14)18-16(20)19(17)2/h4-12H,3H2,1-2H3,(H,18,20). The Kier molecular flexibility index (Phi) is 2.97. The third-order valence-electron chi connectivity index (χ3n) is 4.25. The molecule has 0 saturated carbocycles. The molecule has 0 spiro atoms. The smallest absolute Gasteiger partial charge is 0.314 e. The van der Waals surface area contributed by atoms with Crippen LogP contribution in [0.5, 0.6) is 0 Å². The number of hydrogen-bond acceptors (Lipinski definition) is 1. The van der Waals surface area contributed by atoms with Crippen LogP contribution in [0.25, 0.3) is 0 Å². The van der Waals surface area contributed by atoms with E-state index in [9.17, 15) is 4.79 Å². The van der Waals surface area contributed by atoms with Gasteiger partial charge in [-0.05, 0) is 18.1 Å². The first-order chi connectivity index (χ1) is 9.70. The lowest BCUT2D eigenvalue weighted by Crippen LogP contribution is -2.53. The van der Waals surface area contributed by atoms with Crippen molar-refractivity contribution in [2.24, 2.45) is 0 Å². The summed E-state index contributed by atoms with van der Waals surface area (Å²) in [5.74, 6) is 0. The minimum absolute atomic E-state index is 0.0607. The van der Waals surface area contributed by atoms with Crippen molar-refractivity contribution >= 4 is 11.7 Å². The molecule has 0 radical (unpaired) electrons. The minimum Gasteiger partial charge on any atom is -0.314 e. The lowest BCUT2D eigenvalue weighted by molar-refractivity contribution is 0.162. The number of nitrogens with one attached hydrogen (secondary N) is 1. The maximum absolute atomic E-state index is 12.3. The topological polar surface area (TPSA) is 32.3 Å². The fraction of sp³-hybridized carbons (Fsp3) is 0.235. The zero-order valence-corrected chi connectivity index (χ0v) is 11.8. The van der Waals surface area contributed by atoms with E-state index in [0.717, 1.165) is 23.2 Å². The van der Waals surface area contributed by atoms with Crippen LogP contribution >= 0.6 is 0 Å². The first-order valence-electron chi connectivity index (χ1n) is 6.90. The molecule has 102 valence electrons. The molecule has 0 fully saturated rings. The van der Waals surface area contributed by atoms with E-state index in [2.05, 4.69) is 30.4 Å². The van der Waals surface area contributed by atoms with Crippen molar-refractivity contribution in [2.45, 2.75) is 18.9 Å². The second kappa shape index (κ2) is 4.67. The highest BCUT2D eigenvalue weighted by atomic mass is 16.2. The van der Waals surface area contributed by atoms with Crippen molar-refractivity contribution in [3.63, 3.8) is 0 Å². The number of urea groups is 1. The Morgan fingerprint density at radius 1 is 1.05 bits per heavy atom. The number of amides is 2. The Bertz CT molecular complexity index is 638. The predicted octanol–water partition coefficient (Wildman–Crippen LogP) is 3.82. The van der Waals surface area contributed by atoms with Crippen LogP contribution in [0.15, 0.2) is 54.6 Å². The zero-order valence-electron chi connectivity index (χ0n) is 11.8. The molecule has 1 unspecified atom stereocenters. The fourth-order valence-corrected chi connectivity index (χ4v) is 3.20. The molecular weight excluding hydrogens is 248 g/mol. The van der Waals surface area contributed by atoms with Crippen LogP contribution in [-0.2, 0) is 5.54 Å². The van der Waals surface area contributed by atoms with E-state index >= 15 is 0 Å². The molecule has 3 nitrogen and oxygen atoms in total. The summed E-state index contributed by atoms with van der Waals surface area (Å²) in [7, 11) is 1.86. The lowest BCUT2D eigenvalue weighted by Gasteiger charge is -2.46. The first-order valence-corrected chi connectivity index (χ1v) is 6.90. The van der Waals surface area contributed by atoms with E-state index in [1.54, 1.807) is 0 Å². The molecule has 3 heteroatoms. The molecule has 1 aliphatic heterocycles. The molecule has 20 heavy (non-hydrogen) atoms. The summed E-state index contributed by atoms with van der Waals surface area (Å²) < 4.78 is 0. The first kappa shape index (κ1) is 12.7. The molecule has 0 saturated heterocycles. The molecule has 2 aromatic carbocycles. The average molecular weight is 266 g/mol. The Balaban J connectivity index is 2.30. The second-order valence-corrected chi connectivity index (χ2v) is 5.11. The summed E-state index contributed by atoms with van der Waals surface area (Å²) in [6.07, 6.45) is 0.831. The number of hydrogen-bond donors (Lipinski definition) is 1. The molecule has 1 atom stereocenters. The number of benzene rings is 2. The fourth-order valence-electron chi connectivity index (χ4n) is 3.20. The van der Waals surface area contributed by atoms with Gasteiger partial charge in [-0.2, -0.15) is 0 Å². The van der Waals surface area contributed by atoms with Gasteiger partial charge in [0.2, 0.25) is 0 Å². The second-order valence-electron chi connectivity index (χ2n) is 5.11. The Labute approximate surface area is 119 Å². The van der Waals surface area contributed by atoms with Crippen LogP contribution in [0.3, 0.4) is 0 Å². The number of carbonyl (C=O) groups excluding carboxylic acids is 1. The molecule has 0 aliphatic carbocycles. The van der Waals surface area contributed by atoms with Crippen molar-refractivity contribution in [3.05, 3.63) is 65.7 Å². The van der Waals surface area contributed by atoms with E-state index in [1.807, 2.05) is 48.3 Å². The van der Waals surface area contributed by atoms with Gasteiger partial charge in [-0.25, -0.2) is 4.79 Å². The number of anilines is 1. The van der Waals surface area contributed by atoms with E-state index in [4.69, 9.17) is 0 Å². The third-order valence-corrected chi connectivity index (χ3v) is 4.25. The zero-order chi connectivity index (χ0) is 14.2. The largest absolute Gasteiger partial charge is 0.322 e. The lowest BCUT2D eigenvalue weighted by atomic mass is 9.77. The van der Waals surface area contributed by atoms with Crippen LogP contribution in [0, 0.1) is 0 Å². The van der Waals surface area contributed by atoms with Gasteiger partial charge in [0, 0.05) is 18.3 Å². The minimum atomic E-state index is -0.403. The number of rotatable bonds is 2. The van der Waals surface area contributed by atoms with Crippen LogP contribution in [-0.4, -0.2) is 18.0 Å². The molecule has 1 aliphatic rings. The molecule has 2 amide bonds. The normalized spacial score (nSPS) is 21.3. The molecular formula is C17H18N2O. The van der Waals surface area contributed by atoms with Gasteiger partial charge in [-0.15, -0.1) is 0 Å². The average Bonchev–Trinajstić information content (AvgIpc) is 2.50. The molecule has 1 N–H and O–H groups in total. The molecule has 0 bridgehead atoms. The SMILES string of the molecule is CCC1(c2ccccc2)c2ccccc2NC(=O)N1C. The van der Waals surface area contributed by atoms with Crippen molar-refractivity contribution in [1.29, 1.82) is 0 Å². The number of nitrogens with zero attached hydrogens (tertiary/aromatic N) is 1. The van der Waals surface area contributed by atoms with Gasteiger partial charge in [0.1, 0.15) is 0 Å². The van der Waals surface area contributed by atoms with Gasteiger partial charge in [-0.3, -0.25) is 0 Å². The number of para-hydroxylation sites is 1. The highest BCUT2D eigenvalue weighted by Gasteiger charge is 2.44. The van der Waals surface area contributed by atoms with Gasteiger partial charge >= 0.3 is 6.03 Å². The summed E-state index contributed by atoms with van der Waals surface area (Å²) in [5, 5.41) is 2.96. The maximum atomic E-state index is 12.3. The van der Waals surface area contributed by atoms with E-state index in [1.165, 1.54) is 0 Å². The van der Waals surface area contributed by atoms with Crippen LogP contribution in [0.2, 0.25) is 0 Å². The monoisotopic (exact) mass is 266 g/mol. The van der Waals surface area contributed by atoms with Gasteiger partial charge in [0.15, 0.2) is 0 Å². The summed E-state index contributed by atoms with van der Waals surface area (Å²) in [5.41, 5.74) is 2.80. The molecule has 3 rings (SSSR count). The van der Waals surface area contributed by atoms with E-state index in [-0.39, 0.29) is 6.03 Å². The predicted molar refractivity (Wildman–Crippen MR) is 80.7 cm³/mol. The quantitative estimate of drug-likeness (QED) is 0.880. The van der Waals surface area contributed by atoms with Gasteiger partial charge in [0.25, 0.3) is 0 Å². The van der Waals surface area contributed by atoms with Crippen LogP contribution in [0.1, 0.15) is 24.5 Å². The number of carbonyl (C=O) groups is 1. The van der Waals surface area contributed by atoms with Crippen molar-refractivity contribution < 1.29 is 4.79 Å². The van der Waals surface area contributed by atoms with Crippen molar-refractivity contribution in [3.8, 4) is 0 Å². The van der Waals surface area contributed by atoms with Crippen LogP contribution < -0.4 is 5.32 Å². The van der Waals surface area contributed by atoms with E-state index in [0.29, 0.717) is 0 Å². The molecule has 1 heterocycles. The van der Waals surface area contributed by atoms with E-state index < -0.39 is 5.54 Å². The van der Waals surface area contributed by atoms with Crippen molar-refractivity contribution in [2.75, 3.05) is 12.4 Å². The van der Waals surface area contributed by atoms with Crippen LogP contribution in [0.4, 0.5) is 10.5 Å². The highest BCUT2D eigenvalue weighted by Crippen LogP contribution is 2.44. The Hall–Kier alpha value is -2.29. The Morgan fingerprint density at radius 2 is 1.70 bits per heavy atom. The molecule has 0 aromatic heterocycles. The van der Waals surface area contributed by atoms with Gasteiger partial charge < -0.3 is 10.2 Å². The highest BCUT2D eigenvalue weighted by molar-refractivity contribution is 5.94. The number of fused-ring (bicyclic) bond motifs is 1. The summed E-state index contributed by atoms with van der Waals surface area (Å²) >= 11 is 0. The maximum Gasteiger partial charge on any atom is 0.322 e.